The Kier molecular flexibility index (Phi) is 7.48. The molecule has 34 heavy (non-hydrogen) atoms. The summed E-state index contributed by atoms with van der Waals surface area (Å²) in [5, 5.41) is 2.97. The molecule has 1 heterocycles. The van der Waals surface area contributed by atoms with Crippen LogP contribution in [0.25, 0.3) is 10.9 Å². The maximum atomic E-state index is 13.1. The van der Waals surface area contributed by atoms with E-state index in [4.69, 9.17) is 9.47 Å². The van der Waals surface area contributed by atoms with Crippen LogP contribution in [0, 0.1) is 11.8 Å². The number of hydrogen-bond acceptors (Lipinski definition) is 5. The standard InChI is InChI=1S/C22H18BrF3N2O5S/c1-32-20-12-15(34(2,30)31)8-9-18(20)27-21(29)33-10-4-5-14-11-16-17(23)6-3-7-19(16)28(14)13-22(24,25)26/h3,6-9,11-12H,10,13H2,1-2H3,(H,27,29). The van der Waals surface area contributed by atoms with Crippen molar-refractivity contribution in [2.45, 2.75) is 17.6 Å². The van der Waals surface area contributed by atoms with Gasteiger partial charge in [-0.05, 0) is 36.3 Å². The maximum absolute atomic E-state index is 13.1. The molecule has 0 saturated carbocycles. The summed E-state index contributed by atoms with van der Waals surface area (Å²) in [5.41, 5.74) is 0.642. The maximum Gasteiger partial charge on any atom is 0.412 e. The van der Waals surface area contributed by atoms with Gasteiger partial charge in [-0.2, -0.15) is 13.2 Å². The number of hydrogen-bond donors (Lipinski definition) is 1. The number of alkyl halides is 3. The zero-order chi connectivity index (χ0) is 25.1. The van der Waals surface area contributed by atoms with E-state index in [9.17, 15) is 26.4 Å². The van der Waals surface area contributed by atoms with E-state index in [0.717, 1.165) is 10.8 Å². The van der Waals surface area contributed by atoms with E-state index in [1.54, 1.807) is 18.2 Å². The molecule has 1 N–H and O–H groups in total. The molecule has 0 aliphatic rings. The highest BCUT2D eigenvalue weighted by molar-refractivity contribution is 9.10. The van der Waals surface area contributed by atoms with Crippen molar-refractivity contribution >= 4 is 48.5 Å². The zero-order valence-corrected chi connectivity index (χ0v) is 20.3. The Balaban J connectivity index is 1.73. The fourth-order valence-electron chi connectivity index (χ4n) is 3.08. The monoisotopic (exact) mass is 558 g/mol. The quantitative estimate of drug-likeness (QED) is 0.446. The number of aromatic nitrogens is 1. The second kappa shape index (κ2) is 9.99. The van der Waals surface area contributed by atoms with Gasteiger partial charge in [0.2, 0.25) is 0 Å². The third-order valence-corrected chi connectivity index (χ3v) is 6.36. The minimum atomic E-state index is -4.45. The summed E-state index contributed by atoms with van der Waals surface area (Å²) in [4.78, 5) is 12.1. The Labute approximate surface area is 201 Å². The molecule has 3 rings (SSSR count). The zero-order valence-electron chi connectivity index (χ0n) is 17.9. The lowest BCUT2D eigenvalue weighted by molar-refractivity contribution is -0.140. The number of amides is 1. The first-order valence-electron chi connectivity index (χ1n) is 9.54. The van der Waals surface area contributed by atoms with Crippen molar-refractivity contribution < 1.29 is 35.9 Å². The lowest BCUT2D eigenvalue weighted by Crippen LogP contribution is -2.18. The first kappa shape index (κ1) is 25.5. The summed E-state index contributed by atoms with van der Waals surface area (Å²) >= 11 is 3.32. The van der Waals surface area contributed by atoms with E-state index >= 15 is 0 Å². The van der Waals surface area contributed by atoms with Crippen molar-refractivity contribution in [2.24, 2.45) is 0 Å². The molecule has 0 aliphatic heterocycles. The van der Waals surface area contributed by atoms with Gasteiger partial charge >= 0.3 is 12.3 Å². The van der Waals surface area contributed by atoms with Gasteiger partial charge in [0, 0.05) is 22.2 Å². The highest BCUT2D eigenvalue weighted by atomic mass is 79.9. The Hall–Kier alpha value is -3.17. The van der Waals surface area contributed by atoms with Crippen molar-refractivity contribution in [3.63, 3.8) is 0 Å². The van der Waals surface area contributed by atoms with Gasteiger partial charge in [0.05, 0.1) is 28.9 Å². The Morgan fingerprint density at radius 1 is 1.21 bits per heavy atom. The fourth-order valence-corrected chi connectivity index (χ4v) is 4.19. The average Bonchev–Trinajstić information content (AvgIpc) is 3.08. The topological polar surface area (TPSA) is 86.6 Å². The molecular formula is C22H18BrF3N2O5S. The highest BCUT2D eigenvalue weighted by Crippen LogP contribution is 2.30. The molecule has 0 aliphatic carbocycles. The van der Waals surface area contributed by atoms with Crippen molar-refractivity contribution in [1.82, 2.24) is 4.57 Å². The Bertz CT molecular complexity index is 1410. The predicted octanol–water partition coefficient (Wildman–Crippen LogP) is 4.98. The SMILES string of the molecule is COc1cc(S(C)(=O)=O)ccc1NC(=O)OCC#Cc1cc2c(Br)cccc2n1CC(F)(F)F. The number of anilines is 1. The van der Waals surface area contributed by atoms with Crippen molar-refractivity contribution in [3.8, 4) is 17.6 Å². The second-order valence-corrected chi connectivity index (χ2v) is 9.91. The first-order valence-corrected chi connectivity index (χ1v) is 12.2. The molecule has 7 nitrogen and oxygen atoms in total. The summed E-state index contributed by atoms with van der Waals surface area (Å²) in [7, 11) is -2.16. The smallest absolute Gasteiger partial charge is 0.412 e. The predicted molar refractivity (Wildman–Crippen MR) is 124 cm³/mol. The lowest BCUT2D eigenvalue weighted by atomic mass is 10.2. The highest BCUT2D eigenvalue weighted by Gasteiger charge is 2.29. The summed E-state index contributed by atoms with van der Waals surface area (Å²) in [5.74, 6) is 5.25. The number of sulfone groups is 1. The Morgan fingerprint density at radius 3 is 2.59 bits per heavy atom. The number of ether oxygens (including phenoxy) is 2. The van der Waals surface area contributed by atoms with Crippen LogP contribution in [0.5, 0.6) is 5.75 Å². The average molecular weight is 559 g/mol. The van der Waals surface area contributed by atoms with Crippen LogP contribution in [0.2, 0.25) is 0 Å². The number of carbonyl (C=O) groups is 1. The van der Waals surface area contributed by atoms with Crippen molar-refractivity contribution in [2.75, 3.05) is 25.3 Å². The van der Waals surface area contributed by atoms with E-state index in [1.807, 2.05) is 0 Å². The number of nitrogens with one attached hydrogen (secondary N) is 1. The van der Waals surface area contributed by atoms with Crippen LogP contribution in [-0.2, 0) is 21.1 Å². The van der Waals surface area contributed by atoms with Crippen LogP contribution in [0.1, 0.15) is 5.69 Å². The number of fused-ring (bicyclic) bond motifs is 1. The van der Waals surface area contributed by atoms with E-state index in [-0.39, 0.29) is 22.0 Å². The number of halogens is 4. The molecule has 180 valence electrons. The molecular weight excluding hydrogens is 541 g/mol. The van der Waals surface area contributed by atoms with Crippen molar-refractivity contribution in [3.05, 3.63) is 52.6 Å². The summed E-state index contributed by atoms with van der Waals surface area (Å²) in [6.45, 7) is -1.62. The van der Waals surface area contributed by atoms with Crippen LogP contribution in [0.3, 0.4) is 0 Å². The van der Waals surface area contributed by atoms with Crippen LogP contribution >= 0.6 is 15.9 Å². The summed E-state index contributed by atoms with van der Waals surface area (Å²) < 4.78 is 74.3. The molecule has 0 fully saturated rings. The third-order valence-electron chi connectivity index (χ3n) is 4.56. The molecule has 0 spiro atoms. The molecule has 3 aromatic rings. The third kappa shape index (κ3) is 6.24. The second-order valence-electron chi connectivity index (χ2n) is 7.04. The van der Waals surface area contributed by atoms with Gasteiger partial charge in [-0.25, -0.2) is 13.2 Å². The van der Waals surface area contributed by atoms with Crippen LogP contribution in [-0.4, -0.2) is 45.2 Å². The molecule has 0 radical (unpaired) electrons. The lowest BCUT2D eigenvalue weighted by Gasteiger charge is -2.11. The van der Waals surface area contributed by atoms with Crippen LogP contribution < -0.4 is 10.1 Å². The fraction of sp³-hybridized carbons (Fsp3) is 0.227. The molecule has 12 heteroatoms. The van der Waals surface area contributed by atoms with E-state index in [2.05, 4.69) is 33.1 Å². The van der Waals surface area contributed by atoms with Gasteiger partial charge in [0.15, 0.2) is 16.4 Å². The van der Waals surface area contributed by atoms with Crippen molar-refractivity contribution in [1.29, 1.82) is 0 Å². The van der Waals surface area contributed by atoms with E-state index in [1.165, 1.54) is 31.4 Å². The molecule has 1 aromatic heterocycles. The van der Waals surface area contributed by atoms with Crippen LogP contribution in [0.15, 0.2) is 51.8 Å². The number of carbonyl (C=O) groups excluding carboxylic acids is 1. The number of rotatable bonds is 5. The minimum Gasteiger partial charge on any atom is -0.495 e. The van der Waals surface area contributed by atoms with Gasteiger partial charge in [0.25, 0.3) is 0 Å². The molecule has 0 saturated heterocycles. The van der Waals surface area contributed by atoms with Crippen LogP contribution in [0.4, 0.5) is 23.7 Å². The van der Waals surface area contributed by atoms with Gasteiger partial charge in [-0.1, -0.05) is 27.9 Å². The van der Waals surface area contributed by atoms with Gasteiger partial charge in [-0.15, -0.1) is 0 Å². The normalized spacial score (nSPS) is 11.6. The number of nitrogens with zero attached hydrogens (tertiary/aromatic N) is 1. The molecule has 1 amide bonds. The first-order chi connectivity index (χ1) is 15.9. The largest absolute Gasteiger partial charge is 0.495 e. The Morgan fingerprint density at radius 2 is 1.94 bits per heavy atom. The van der Waals surface area contributed by atoms with E-state index < -0.39 is 35.3 Å². The van der Waals surface area contributed by atoms with E-state index in [0.29, 0.717) is 15.4 Å². The minimum absolute atomic E-state index is 0.00927. The number of benzene rings is 2. The molecule has 0 unspecified atom stereocenters. The summed E-state index contributed by atoms with van der Waals surface area (Å²) in [6, 6.07) is 10.3. The molecule has 2 aromatic carbocycles. The summed E-state index contributed by atoms with van der Waals surface area (Å²) in [6.07, 6.45) is -4.32. The van der Waals surface area contributed by atoms with Gasteiger partial charge in [-0.3, -0.25) is 5.32 Å². The molecule has 0 atom stereocenters. The molecule has 0 bridgehead atoms. The number of methoxy groups -OCH3 is 1. The van der Waals surface area contributed by atoms with Gasteiger partial charge in [0.1, 0.15) is 12.3 Å². The van der Waals surface area contributed by atoms with Gasteiger partial charge < -0.3 is 14.0 Å².